The fourth-order valence-corrected chi connectivity index (χ4v) is 1.95. The van der Waals surface area contributed by atoms with Crippen LogP contribution in [0.25, 0.3) is 0 Å². The molecule has 0 fully saturated rings. The van der Waals surface area contributed by atoms with Crippen LogP contribution in [0, 0.1) is 0 Å². The minimum atomic E-state index is -0.674. The third-order valence-corrected chi connectivity index (χ3v) is 2.91. The zero-order chi connectivity index (χ0) is 13.7. The summed E-state index contributed by atoms with van der Waals surface area (Å²) in [4.78, 5) is 23.4. The van der Waals surface area contributed by atoms with Crippen molar-refractivity contribution in [2.75, 3.05) is 12.9 Å². The Morgan fingerprint density at radius 3 is 2.83 bits per heavy atom. The molecule has 6 nitrogen and oxygen atoms in total. The van der Waals surface area contributed by atoms with E-state index in [0.717, 1.165) is 0 Å². The molecular weight excluding hydrogens is 254 g/mol. The average Bonchev–Trinajstić information content (AvgIpc) is 2.70. The molecule has 0 spiro atoms. The molecule has 18 heavy (non-hydrogen) atoms. The lowest BCUT2D eigenvalue weighted by Crippen LogP contribution is -2.39. The van der Waals surface area contributed by atoms with Gasteiger partial charge in [0.25, 0.3) is 5.91 Å². The first kappa shape index (κ1) is 14.6. The maximum absolute atomic E-state index is 12.0. The van der Waals surface area contributed by atoms with Crippen molar-refractivity contribution < 1.29 is 14.3 Å². The molecule has 0 bridgehead atoms. The molecule has 100 valence electrons. The van der Waals surface area contributed by atoms with Crippen molar-refractivity contribution in [3.63, 3.8) is 0 Å². The number of nitrogens with one attached hydrogen (secondary N) is 1. The third kappa shape index (κ3) is 3.49. The molecule has 1 heterocycles. The van der Waals surface area contributed by atoms with E-state index >= 15 is 0 Å². The fraction of sp³-hybridized carbons (Fsp3) is 0.545. The lowest BCUT2D eigenvalue weighted by molar-refractivity contribution is -0.144. The lowest BCUT2D eigenvalue weighted by Gasteiger charge is -2.12. The fourth-order valence-electron chi connectivity index (χ4n) is 1.38. The summed E-state index contributed by atoms with van der Waals surface area (Å²) in [5.41, 5.74) is 0.459. The molecular formula is C11H17N3O3S. The summed E-state index contributed by atoms with van der Waals surface area (Å²) in [6.07, 6.45) is 3.47. The zero-order valence-corrected chi connectivity index (χ0v) is 11.7. The number of amides is 1. The number of esters is 1. The standard InChI is InChI=1S/C11H17N3O3S/c1-5-17-11(16)7(2)12-9(15)8-6-14(3)13-10(8)18-4/h6-7H,5H2,1-4H3,(H,12,15)/t7-/m1/s1. The molecule has 0 radical (unpaired) electrons. The van der Waals surface area contributed by atoms with Crippen LogP contribution in [0.5, 0.6) is 0 Å². The van der Waals surface area contributed by atoms with Crippen LogP contribution >= 0.6 is 11.8 Å². The number of aryl methyl sites for hydroxylation is 1. The van der Waals surface area contributed by atoms with Crippen LogP contribution < -0.4 is 5.32 Å². The Hall–Kier alpha value is -1.50. The molecule has 1 aromatic heterocycles. The van der Waals surface area contributed by atoms with Crippen molar-refractivity contribution in [1.82, 2.24) is 15.1 Å². The van der Waals surface area contributed by atoms with Gasteiger partial charge in [-0.25, -0.2) is 4.79 Å². The number of rotatable bonds is 5. The van der Waals surface area contributed by atoms with E-state index in [4.69, 9.17) is 4.74 Å². The van der Waals surface area contributed by atoms with Gasteiger partial charge >= 0.3 is 5.97 Å². The summed E-state index contributed by atoms with van der Waals surface area (Å²) in [7, 11) is 1.74. The van der Waals surface area contributed by atoms with Crippen molar-refractivity contribution >= 4 is 23.6 Å². The molecule has 0 aliphatic heterocycles. The first-order valence-corrected chi connectivity index (χ1v) is 6.77. The highest BCUT2D eigenvalue weighted by Crippen LogP contribution is 2.17. The molecule has 1 N–H and O–H groups in total. The van der Waals surface area contributed by atoms with Crippen LogP contribution in [0.4, 0.5) is 0 Å². The number of hydrogen-bond acceptors (Lipinski definition) is 5. The first-order chi connectivity index (χ1) is 8.49. The van der Waals surface area contributed by atoms with Gasteiger partial charge in [-0.1, -0.05) is 0 Å². The van der Waals surface area contributed by atoms with Crippen molar-refractivity contribution in [1.29, 1.82) is 0 Å². The van der Waals surface area contributed by atoms with Gasteiger partial charge in [0, 0.05) is 13.2 Å². The summed E-state index contributed by atoms with van der Waals surface area (Å²) >= 11 is 1.38. The van der Waals surface area contributed by atoms with Gasteiger partial charge in [-0.15, -0.1) is 11.8 Å². The predicted molar refractivity (Wildman–Crippen MR) is 68.6 cm³/mol. The molecule has 0 aliphatic carbocycles. The quantitative estimate of drug-likeness (QED) is 0.634. The number of ether oxygens (including phenoxy) is 1. The SMILES string of the molecule is CCOC(=O)[C@@H](C)NC(=O)c1cn(C)nc1SC. The smallest absolute Gasteiger partial charge is 0.328 e. The summed E-state index contributed by atoms with van der Waals surface area (Å²) in [5.74, 6) is -0.770. The largest absolute Gasteiger partial charge is 0.464 e. The Balaban J connectivity index is 2.73. The molecule has 0 saturated carbocycles. The first-order valence-electron chi connectivity index (χ1n) is 5.54. The average molecular weight is 271 g/mol. The third-order valence-electron chi connectivity index (χ3n) is 2.22. The Labute approximate surface area is 110 Å². The Morgan fingerprint density at radius 1 is 1.61 bits per heavy atom. The van der Waals surface area contributed by atoms with E-state index in [2.05, 4.69) is 10.4 Å². The van der Waals surface area contributed by atoms with Crippen LogP contribution in [0.1, 0.15) is 24.2 Å². The van der Waals surface area contributed by atoms with Gasteiger partial charge in [0.15, 0.2) is 0 Å². The maximum atomic E-state index is 12.0. The number of nitrogens with zero attached hydrogens (tertiary/aromatic N) is 2. The highest BCUT2D eigenvalue weighted by molar-refractivity contribution is 7.98. The zero-order valence-electron chi connectivity index (χ0n) is 10.9. The number of thioether (sulfide) groups is 1. The van der Waals surface area contributed by atoms with E-state index in [9.17, 15) is 9.59 Å². The van der Waals surface area contributed by atoms with Crippen LogP contribution in [0.3, 0.4) is 0 Å². The number of carbonyl (C=O) groups excluding carboxylic acids is 2. The van der Waals surface area contributed by atoms with Crippen LogP contribution in [0.15, 0.2) is 11.2 Å². The Morgan fingerprint density at radius 2 is 2.28 bits per heavy atom. The molecule has 0 aliphatic rings. The van der Waals surface area contributed by atoms with Gasteiger partial charge in [0.2, 0.25) is 0 Å². The number of hydrogen-bond donors (Lipinski definition) is 1. The predicted octanol–water partition coefficient (Wildman–Crippen LogP) is 0.823. The van der Waals surface area contributed by atoms with Crippen molar-refractivity contribution in [2.45, 2.75) is 24.9 Å². The highest BCUT2D eigenvalue weighted by Gasteiger charge is 2.21. The van der Waals surface area contributed by atoms with Gasteiger partial charge in [-0.3, -0.25) is 9.48 Å². The molecule has 1 amide bonds. The molecule has 7 heteroatoms. The van der Waals surface area contributed by atoms with Gasteiger partial charge in [-0.2, -0.15) is 5.10 Å². The molecule has 1 aromatic rings. The number of aromatic nitrogens is 2. The van der Waals surface area contributed by atoms with Crippen molar-refractivity contribution in [3.8, 4) is 0 Å². The second-order valence-electron chi connectivity index (χ2n) is 3.67. The molecule has 0 saturated heterocycles. The van der Waals surface area contributed by atoms with Crippen LogP contribution in [-0.4, -0.2) is 40.6 Å². The summed E-state index contributed by atoms with van der Waals surface area (Å²) < 4.78 is 6.39. The van der Waals surface area contributed by atoms with Crippen molar-refractivity contribution in [3.05, 3.63) is 11.8 Å². The normalized spacial score (nSPS) is 12.0. The molecule has 1 rings (SSSR count). The molecule has 0 aromatic carbocycles. The summed E-state index contributed by atoms with van der Waals surface area (Å²) in [6, 6.07) is -0.674. The van der Waals surface area contributed by atoms with Crippen LogP contribution in [0.2, 0.25) is 0 Å². The van der Waals surface area contributed by atoms with E-state index in [1.807, 2.05) is 6.26 Å². The van der Waals surface area contributed by atoms with Gasteiger partial charge in [-0.05, 0) is 20.1 Å². The topological polar surface area (TPSA) is 73.2 Å². The van der Waals surface area contributed by atoms with Crippen molar-refractivity contribution in [2.24, 2.45) is 7.05 Å². The van der Waals surface area contributed by atoms with E-state index in [1.54, 1.807) is 31.8 Å². The maximum Gasteiger partial charge on any atom is 0.328 e. The van der Waals surface area contributed by atoms with Crippen LogP contribution in [-0.2, 0) is 16.6 Å². The second kappa shape index (κ2) is 6.44. The van der Waals surface area contributed by atoms with Gasteiger partial charge in [0.1, 0.15) is 11.1 Å². The number of carbonyl (C=O) groups is 2. The van der Waals surface area contributed by atoms with E-state index in [0.29, 0.717) is 17.2 Å². The Bertz CT molecular complexity index is 445. The van der Waals surface area contributed by atoms with E-state index in [1.165, 1.54) is 11.8 Å². The van der Waals surface area contributed by atoms with E-state index in [-0.39, 0.29) is 5.91 Å². The summed E-state index contributed by atoms with van der Waals surface area (Å²) in [6.45, 7) is 3.60. The monoisotopic (exact) mass is 271 g/mol. The highest BCUT2D eigenvalue weighted by atomic mass is 32.2. The van der Waals surface area contributed by atoms with E-state index < -0.39 is 12.0 Å². The summed E-state index contributed by atoms with van der Waals surface area (Å²) in [5, 5.41) is 7.36. The lowest BCUT2D eigenvalue weighted by atomic mass is 10.3. The molecule has 1 atom stereocenters. The Kier molecular flexibility index (Phi) is 5.21. The van der Waals surface area contributed by atoms with Gasteiger partial charge in [0.05, 0.1) is 12.2 Å². The minimum Gasteiger partial charge on any atom is -0.464 e. The minimum absolute atomic E-state index is 0.294. The molecule has 0 unspecified atom stereocenters. The van der Waals surface area contributed by atoms with Gasteiger partial charge < -0.3 is 10.1 Å². The second-order valence-corrected chi connectivity index (χ2v) is 4.47.